The average molecular weight is 322 g/mol. The Hall–Kier alpha value is -1.87. The number of ether oxygens (including phenoxy) is 1. The van der Waals surface area contributed by atoms with Gasteiger partial charge in [-0.3, -0.25) is 4.79 Å². The number of alkyl halides is 7. The highest BCUT2D eigenvalue weighted by molar-refractivity contribution is 6.02. The van der Waals surface area contributed by atoms with Crippen LogP contribution in [0.3, 0.4) is 0 Å². The van der Waals surface area contributed by atoms with Crippen molar-refractivity contribution >= 4 is 5.78 Å². The number of carbonyl (C=O) groups excluding carboxylic acids is 1. The summed E-state index contributed by atoms with van der Waals surface area (Å²) in [6.07, 6.45) is -6.64. The first-order valence-electron chi connectivity index (χ1n) is 5.07. The number of halogens is 8. The van der Waals surface area contributed by atoms with Gasteiger partial charge in [-0.15, -0.1) is 0 Å². The predicted molar refractivity (Wildman–Crippen MR) is 53.2 cm³/mol. The molecule has 0 amide bonds. The second kappa shape index (κ2) is 5.15. The number of hydrogen-bond donors (Lipinski definition) is 0. The van der Waals surface area contributed by atoms with Gasteiger partial charge in [-0.1, -0.05) is 0 Å². The molecular weight excluding hydrogens is 316 g/mol. The molecule has 21 heavy (non-hydrogen) atoms. The van der Waals surface area contributed by atoms with E-state index in [1.165, 1.54) is 0 Å². The molecule has 0 saturated carbocycles. The molecule has 0 aliphatic rings. The maximum absolute atomic E-state index is 13.2. The van der Waals surface area contributed by atoms with Gasteiger partial charge in [0, 0.05) is 5.56 Å². The number of methoxy groups -OCH3 is 1. The van der Waals surface area contributed by atoms with Crippen LogP contribution in [0.25, 0.3) is 0 Å². The molecule has 0 unspecified atom stereocenters. The molecule has 0 aliphatic carbocycles. The summed E-state index contributed by atoms with van der Waals surface area (Å²) in [4.78, 5) is 11.2. The summed E-state index contributed by atoms with van der Waals surface area (Å²) in [5.74, 6) is -17.4. The molecule has 0 fully saturated rings. The van der Waals surface area contributed by atoms with E-state index in [0.717, 1.165) is 7.11 Å². The quantitative estimate of drug-likeness (QED) is 0.622. The monoisotopic (exact) mass is 322 g/mol. The Balaban J connectivity index is 3.27. The third kappa shape index (κ3) is 2.79. The summed E-state index contributed by atoms with van der Waals surface area (Å²) in [5, 5.41) is 0. The lowest BCUT2D eigenvalue weighted by molar-refractivity contribution is -0.339. The van der Waals surface area contributed by atoms with Crippen molar-refractivity contribution in [3.05, 3.63) is 29.6 Å². The van der Waals surface area contributed by atoms with Gasteiger partial charge in [0.05, 0.1) is 7.11 Å². The van der Waals surface area contributed by atoms with Gasteiger partial charge in [0.2, 0.25) is 5.78 Å². The van der Waals surface area contributed by atoms with Crippen LogP contribution in [0.5, 0.6) is 5.75 Å². The zero-order valence-corrected chi connectivity index (χ0v) is 10.1. The Labute approximate surface area is 112 Å². The van der Waals surface area contributed by atoms with E-state index in [2.05, 4.69) is 4.74 Å². The molecule has 1 aromatic rings. The van der Waals surface area contributed by atoms with Crippen molar-refractivity contribution in [1.82, 2.24) is 0 Å². The fourth-order valence-electron chi connectivity index (χ4n) is 1.31. The SMILES string of the molecule is COc1ccc(C(=O)C(F)(F)C(F)(F)C(F)(F)F)cc1F. The third-order valence-corrected chi connectivity index (χ3v) is 2.45. The first kappa shape index (κ1) is 17.2. The van der Waals surface area contributed by atoms with E-state index < -0.39 is 40.9 Å². The fourth-order valence-corrected chi connectivity index (χ4v) is 1.31. The molecule has 118 valence electrons. The van der Waals surface area contributed by atoms with Crippen LogP contribution < -0.4 is 4.74 Å². The van der Waals surface area contributed by atoms with Crippen molar-refractivity contribution in [2.24, 2.45) is 0 Å². The number of hydrogen-bond acceptors (Lipinski definition) is 2. The first-order chi connectivity index (χ1) is 9.36. The van der Waals surface area contributed by atoms with Crippen LogP contribution in [-0.4, -0.2) is 30.9 Å². The lowest BCUT2D eigenvalue weighted by Crippen LogP contribution is -2.56. The van der Waals surface area contributed by atoms with Crippen molar-refractivity contribution in [3.8, 4) is 5.75 Å². The van der Waals surface area contributed by atoms with E-state index in [1.54, 1.807) is 0 Å². The van der Waals surface area contributed by atoms with Gasteiger partial charge in [-0.05, 0) is 18.2 Å². The molecular formula is C11H6F8O2. The van der Waals surface area contributed by atoms with E-state index in [1.807, 2.05) is 0 Å². The van der Waals surface area contributed by atoms with Crippen molar-refractivity contribution in [3.63, 3.8) is 0 Å². The number of benzene rings is 1. The highest BCUT2D eigenvalue weighted by Crippen LogP contribution is 2.47. The molecule has 0 bridgehead atoms. The van der Waals surface area contributed by atoms with Crippen molar-refractivity contribution in [2.75, 3.05) is 7.11 Å². The Bertz CT molecular complexity index is 550. The molecule has 1 rings (SSSR count). The van der Waals surface area contributed by atoms with Crippen molar-refractivity contribution in [2.45, 2.75) is 18.0 Å². The lowest BCUT2D eigenvalue weighted by Gasteiger charge is -2.27. The third-order valence-electron chi connectivity index (χ3n) is 2.45. The van der Waals surface area contributed by atoms with Crippen LogP contribution in [0.1, 0.15) is 10.4 Å². The number of carbonyl (C=O) groups is 1. The molecule has 0 aromatic heterocycles. The van der Waals surface area contributed by atoms with Crippen LogP contribution >= 0.6 is 0 Å². The minimum atomic E-state index is -6.64. The summed E-state index contributed by atoms with van der Waals surface area (Å²) in [7, 11) is 0.992. The van der Waals surface area contributed by atoms with Crippen LogP contribution in [0.4, 0.5) is 35.1 Å². The van der Waals surface area contributed by atoms with E-state index in [4.69, 9.17) is 0 Å². The minimum Gasteiger partial charge on any atom is -0.494 e. The highest BCUT2D eigenvalue weighted by atomic mass is 19.4. The lowest BCUT2D eigenvalue weighted by atomic mass is 9.99. The second-order valence-electron chi connectivity index (χ2n) is 3.82. The molecule has 0 atom stereocenters. The van der Waals surface area contributed by atoms with Crippen LogP contribution in [0.2, 0.25) is 0 Å². The Morgan fingerprint density at radius 3 is 1.95 bits per heavy atom. The van der Waals surface area contributed by atoms with Crippen LogP contribution in [-0.2, 0) is 0 Å². The highest BCUT2D eigenvalue weighted by Gasteiger charge is 2.76. The largest absolute Gasteiger partial charge is 0.494 e. The molecule has 0 saturated heterocycles. The molecule has 0 radical (unpaired) electrons. The van der Waals surface area contributed by atoms with Gasteiger partial charge in [-0.25, -0.2) is 4.39 Å². The first-order valence-corrected chi connectivity index (χ1v) is 5.07. The van der Waals surface area contributed by atoms with Gasteiger partial charge in [-0.2, -0.15) is 30.7 Å². The number of Topliss-reactive ketones (excluding diaryl/α,β-unsaturated/α-hetero) is 1. The fraction of sp³-hybridized carbons (Fsp3) is 0.364. The molecule has 0 aliphatic heterocycles. The molecule has 0 N–H and O–H groups in total. The Kier molecular flexibility index (Phi) is 4.22. The van der Waals surface area contributed by atoms with Gasteiger partial charge in [0.1, 0.15) is 0 Å². The van der Waals surface area contributed by atoms with E-state index in [0.29, 0.717) is 12.1 Å². The van der Waals surface area contributed by atoms with E-state index in [9.17, 15) is 39.9 Å². The zero-order valence-electron chi connectivity index (χ0n) is 10.1. The van der Waals surface area contributed by atoms with Crippen molar-refractivity contribution in [1.29, 1.82) is 0 Å². The smallest absolute Gasteiger partial charge is 0.460 e. The summed E-state index contributed by atoms with van der Waals surface area (Å²) in [6, 6.07) is 1.18. The Morgan fingerprint density at radius 2 is 1.57 bits per heavy atom. The average Bonchev–Trinajstić information content (AvgIpc) is 2.36. The van der Waals surface area contributed by atoms with Gasteiger partial charge >= 0.3 is 18.0 Å². The summed E-state index contributed by atoms with van der Waals surface area (Å²) >= 11 is 0. The van der Waals surface area contributed by atoms with Gasteiger partial charge in [0.25, 0.3) is 0 Å². The summed E-state index contributed by atoms with van der Waals surface area (Å²) < 4.78 is 105. The summed E-state index contributed by atoms with van der Waals surface area (Å²) in [6.45, 7) is 0. The second-order valence-corrected chi connectivity index (χ2v) is 3.82. The normalized spacial score (nSPS) is 13.2. The molecule has 10 heteroatoms. The maximum Gasteiger partial charge on any atom is 0.460 e. The molecule has 1 aromatic carbocycles. The zero-order chi connectivity index (χ0) is 16.6. The number of rotatable bonds is 4. The van der Waals surface area contributed by atoms with Crippen LogP contribution in [0, 0.1) is 5.82 Å². The molecule has 2 nitrogen and oxygen atoms in total. The molecule has 0 heterocycles. The van der Waals surface area contributed by atoms with Gasteiger partial charge < -0.3 is 4.74 Å². The van der Waals surface area contributed by atoms with Gasteiger partial charge in [0.15, 0.2) is 11.6 Å². The topological polar surface area (TPSA) is 26.3 Å². The maximum atomic E-state index is 13.2. The standard InChI is InChI=1S/C11H6F8O2/c1-21-7-3-2-5(4-6(7)12)8(20)9(13,14)10(15,16)11(17,18)19/h2-4H,1H3. The molecule has 0 spiro atoms. The predicted octanol–water partition coefficient (Wildman–Crippen LogP) is 3.85. The summed E-state index contributed by atoms with van der Waals surface area (Å²) in [5.41, 5.74) is -1.35. The number of ketones is 1. The van der Waals surface area contributed by atoms with E-state index in [-0.39, 0.29) is 6.07 Å². The van der Waals surface area contributed by atoms with Crippen LogP contribution in [0.15, 0.2) is 18.2 Å². The van der Waals surface area contributed by atoms with E-state index >= 15 is 0 Å². The van der Waals surface area contributed by atoms with Crippen molar-refractivity contribution < 1.29 is 44.7 Å². The minimum absolute atomic E-state index is 0.0849. The Morgan fingerprint density at radius 1 is 1.05 bits per heavy atom.